The van der Waals surface area contributed by atoms with E-state index in [4.69, 9.17) is 11.5 Å². The molecule has 8 amide bonds. The number of carbonyl (C=O) groups is 8. The zero-order valence-electron chi connectivity index (χ0n) is 30.8. The molecule has 2 fully saturated rings. The number of benzene rings is 1. The van der Waals surface area contributed by atoms with Crippen molar-refractivity contribution in [3.8, 4) is 5.75 Å². The number of nitrogens with one attached hydrogen (secondary N) is 5. The molecule has 0 aliphatic carbocycles. The molecule has 0 aromatic heterocycles. The topological polar surface area (TPSA) is 272 Å². The average Bonchev–Trinajstić information content (AvgIpc) is 3.55. The third-order valence-corrected chi connectivity index (χ3v) is 11.8. The van der Waals surface area contributed by atoms with E-state index in [-0.39, 0.29) is 54.9 Å². The zero-order valence-corrected chi connectivity index (χ0v) is 32.4. The van der Waals surface area contributed by atoms with Gasteiger partial charge in [-0.25, -0.2) is 0 Å². The molecular formula is C35H52N8O9S2. The largest absolute Gasteiger partial charge is 0.508 e. The van der Waals surface area contributed by atoms with Gasteiger partial charge in [0.05, 0.1) is 6.42 Å². The van der Waals surface area contributed by atoms with Gasteiger partial charge in [-0.05, 0) is 49.8 Å². The number of carbonyl (C=O) groups excluding carboxylic acids is 8. The summed E-state index contributed by atoms with van der Waals surface area (Å²) in [6.07, 6.45) is 0.731. The molecule has 0 radical (unpaired) electrons. The highest BCUT2D eigenvalue weighted by Crippen LogP contribution is 2.25. The van der Waals surface area contributed by atoms with Crippen LogP contribution in [0.25, 0.3) is 0 Å². The van der Waals surface area contributed by atoms with Crippen molar-refractivity contribution in [2.75, 3.05) is 18.1 Å². The number of hydrogen-bond acceptors (Lipinski definition) is 11. The Hall–Kier alpha value is -4.52. The highest BCUT2D eigenvalue weighted by atomic mass is 33.1. The van der Waals surface area contributed by atoms with Gasteiger partial charge in [0.25, 0.3) is 0 Å². The smallest absolute Gasteiger partial charge is 0.246 e. The molecule has 3 rings (SSSR count). The van der Waals surface area contributed by atoms with E-state index in [1.54, 1.807) is 30.9 Å². The van der Waals surface area contributed by atoms with Crippen LogP contribution in [0.1, 0.15) is 71.3 Å². The van der Waals surface area contributed by atoms with Gasteiger partial charge in [-0.2, -0.15) is 0 Å². The van der Waals surface area contributed by atoms with E-state index < -0.39 is 83.9 Å². The number of rotatable bonds is 10. The molecule has 298 valence electrons. The maximum absolute atomic E-state index is 13.9. The van der Waals surface area contributed by atoms with Gasteiger partial charge in [-0.15, -0.1) is 0 Å². The Morgan fingerprint density at radius 2 is 1.52 bits per heavy atom. The highest BCUT2D eigenvalue weighted by Gasteiger charge is 2.36. The van der Waals surface area contributed by atoms with E-state index in [0.29, 0.717) is 18.5 Å². The Balaban J connectivity index is 2.00. The second-order valence-corrected chi connectivity index (χ2v) is 16.2. The standard InChI is InChI=1S/C35H52N8O9S2/c1-4-19(2)30-34(51)39-23(11-12-27(36)45)31(48)40-25(17-28(37)46)32(49)41-26(35(52)43-14-5-6-20(43)3)18-54-53-15-13-29(47)38-24(33(50)42-30)16-21-7-9-22(44)10-8-21/h7-10,19-20,23-26,30,44H,4-6,11-18H2,1-3H3,(H2,36,45)(H2,37,46)(H,38,47)(H,39,51)(H,40,48)(H,41,49)(H,42,50)/t19-,20-,23-,24-,25-,26-,30-/m0/s1. The van der Waals surface area contributed by atoms with Crippen LogP contribution in [0, 0.1) is 5.92 Å². The number of primary amides is 2. The van der Waals surface area contributed by atoms with Crippen molar-refractivity contribution in [2.45, 2.75) is 108 Å². The molecule has 54 heavy (non-hydrogen) atoms. The minimum absolute atomic E-state index is 0.00526. The van der Waals surface area contributed by atoms with Crippen LogP contribution in [0.15, 0.2) is 24.3 Å². The van der Waals surface area contributed by atoms with E-state index in [0.717, 1.165) is 12.8 Å². The van der Waals surface area contributed by atoms with Gasteiger partial charge in [-0.1, -0.05) is 54.0 Å². The number of aromatic hydroxyl groups is 1. The Labute approximate surface area is 322 Å². The van der Waals surface area contributed by atoms with Crippen molar-refractivity contribution in [2.24, 2.45) is 17.4 Å². The molecule has 2 saturated heterocycles. The fraction of sp³-hybridized carbons (Fsp3) is 0.600. The number of amides is 8. The third-order valence-electron chi connectivity index (χ3n) is 9.35. The summed E-state index contributed by atoms with van der Waals surface area (Å²) in [4.78, 5) is 107. The zero-order chi connectivity index (χ0) is 39.9. The van der Waals surface area contributed by atoms with Gasteiger partial charge in [-0.3, -0.25) is 38.4 Å². The van der Waals surface area contributed by atoms with Gasteiger partial charge < -0.3 is 48.1 Å². The molecule has 19 heteroatoms. The Bertz CT molecular complexity index is 1530. The maximum atomic E-state index is 13.9. The fourth-order valence-corrected chi connectivity index (χ4v) is 8.16. The Morgan fingerprint density at radius 1 is 0.870 bits per heavy atom. The Kier molecular flexibility index (Phi) is 17.4. The van der Waals surface area contributed by atoms with E-state index in [9.17, 15) is 43.5 Å². The van der Waals surface area contributed by atoms with Crippen LogP contribution in [-0.4, -0.2) is 112 Å². The van der Waals surface area contributed by atoms with Crippen LogP contribution in [0.5, 0.6) is 5.75 Å². The highest BCUT2D eigenvalue weighted by molar-refractivity contribution is 8.76. The summed E-state index contributed by atoms with van der Waals surface area (Å²) < 4.78 is 0. The normalized spacial score (nSPS) is 26.0. The lowest BCUT2D eigenvalue weighted by molar-refractivity contribution is -0.138. The fourth-order valence-electron chi connectivity index (χ4n) is 6.02. The first-order valence-corrected chi connectivity index (χ1v) is 20.5. The second kappa shape index (κ2) is 21.4. The van der Waals surface area contributed by atoms with Crippen LogP contribution >= 0.6 is 21.6 Å². The van der Waals surface area contributed by atoms with Crippen molar-refractivity contribution >= 4 is 68.8 Å². The van der Waals surface area contributed by atoms with Crippen molar-refractivity contribution in [3.63, 3.8) is 0 Å². The molecule has 0 saturated carbocycles. The lowest BCUT2D eigenvalue weighted by atomic mass is 9.96. The number of hydrogen-bond donors (Lipinski definition) is 8. The Morgan fingerprint density at radius 3 is 2.13 bits per heavy atom. The van der Waals surface area contributed by atoms with E-state index >= 15 is 0 Å². The van der Waals surface area contributed by atoms with Gasteiger partial charge in [0.15, 0.2) is 0 Å². The van der Waals surface area contributed by atoms with E-state index in [1.807, 2.05) is 6.92 Å². The van der Waals surface area contributed by atoms with Gasteiger partial charge in [0, 0.05) is 43.4 Å². The summed E-state index contributed by atoms with van der Waals surface area (Å²) in [5, 5.41) is 22.9. The lowest BCUT2D eigenvalue weighted by Crippen LogP contribution is -2.61. The minimum atomic E-state index is -1.55. The van der Waals surface area contributed by atoms with Crippen LogP contribution in [0.3, 0.4) is 0 Å². The molecule has 1 aromatic carbocycles. The summed E-state index contributed by atoms with van der Waals surface area (Å²) in [7, 11) is 2.52. The van der Waals surface area contributed by atoms with E-state index in [2.05, 4.69) is 26.6 Å². The number of phenolic OH excluding ortho intramolecular Hbond substituents is 1. The predicted octanol–water partition coefficient (Wildman–Crippen LogP) is -0.658. The monoisotopic (exact) mass is 792 g/mol. The molecule has 1 aromatic rings. The van der Waals surface area contributed by atoms with Crippen LogP contribution in [0.4, 0.5) is 0 Å². The number of nitrogens with two attached hydrogens (primary N) is 2. The predicted molar refractivity (Wildman–Crippen MR) is 203 cm³/mol. The van der Waals surface area contributed by atoms with Gasteiger partial charge in [0.1, 0.15) is 36.0 Å². The summed E-state index contributed by atoms with van der Waals surface area (Å²) in [6, 6.07) is -0.396. The van der Waals surface area contributed by atoms with Crippen molar-refractivity contribution < 1.29 is 43.5 Å². The van der Waals surface area contributed by atoms with Crippen LogP contribution < -0.4 is 38.1 Å². The molecule has 2 aliphatic rings. The first kappa shape index (κ1) is 43.9. The molecule has 7 atom stereocenters. The first-order chi connectivity index (χ1) is 25.6. The summed E-state index contributed by atoms with van der Waals surface area (Å²) in [5.74, 6) is -5.88. The number of likely N-dealkylation sites (tertiary alicyclic amines) is 1. The third kappa shape index (κ3) is 13.7. The van der Waals surface area contributed by atoms with Crippen molar-refractivity contribution in [3.05, 3.63) is 29.8 Å². The number of phenols is 1. The van der Waals surface area contributed by atoms with Gasteiger partial charge in [0.2, 0.25) is 47.3 Å². The van der Waals surface area contributed by atoms with Crippen molar-refractivity contribution in [1.82, 2.24) is 31.5 Å². The maximum Gasteiger partial charge on any atom is 0.246 e. The quantitative estimate of drug-likeness (QED) is 0.138. The van der Waals surface area contributed by atoms with E-state index in [1.165, 1.54) is 33.7 Å². The molecule has 10 N–H and O–H groups in total. The van der Waals surface area contributed by atoms with Crippen LogP contribution in [0.2, 0.25) is 0 Å². The molecule has 0 unspecified atom stereocenters. The van der Waals surface area contributed by atoms with Crippen molar-refractivity contribution in [1.29, 1.82) is 0 Å². The summed E-state index contributed by atoms with van der Waals surface area (Å²) >= 11 is 0. The molecule has 2 aliphatic heterocycles. The molecule has 0 bridgehead atoms. The molecular weight excluding hydrogens is 741 g/mol. The minimum Gasteiger partial charge on any atom is -0.508 e. The summed E-state index contributed by atoms with van der Waals surface area (Å²) in [5.41, 5.74) is 11.4. The SMILES string of the molecule is CC[C@H](C)[C@@H]1NC(=O)[C@H](Cc2ccc(O)cc2)NC(=O)CCSSC[C@@H](C(=O)N2CCC[C@@H]2C)NC(=O)[C@H](CC(N)=O)NC(=O)[C@H](CCC(N)=O)NC1=O. The molecule has 2 heterocycles. The average molecular weight is 793 g/mol. The molecule has 0 spiro atoms. The molecule has 17 nitrogen and oxygen atoms in total. The van der Waals surface area contributed by atoms with Gasteiger partial charge >= 0.3 is 0 Å². The first-order valence-electron chi connectivity index (χ1n) is 18.0. The summed E-state index contributed by atoms with van der Waals surface area (Å²) in [6.45, 7) is 5.89. The van der Waals surface area contributed by atoms with Crippen LogP contribution in [-0.2, 0) is 44.8 Å². The number of nitrogens with zero attached hydrogens (tertiary/aromatic N) is 1. The lowest BCUT2D eigenvalue weighted by Gasteiger charge is -2.30. The second-order valence-electron chi connectivity index (χ2n) is 13.6.